The lowest BCUT2D eigenvalue weighted by atomic mass is 10.1. The summed E-state index contributed by atoms with van der Waals surface area (Å²) in [5, 5.41) is 3.31. The molecular formula is C13H18N2O3S. The average Bonchev–Trinajstić information content (AvgIpc) is 2.47. The topological polar surface area (TPSA) is 66.5 Å². The van der Waals surface area contributed by atoms with Gasteiger partial charge in [0.25, 0.3) is 0 Å². The molecule has 19 heavy (non-hydrogen) atoms. The van der Waals surface area contributed by atoms with E-state index in [4.69, 9.17) is 0 Å². The van der Waals surface area contributed by atoms with Crippen LogP contribution in [-0.4, -0.2) is 38.9 Å². The number of nitrogens with one attached hydrogen (secondary N) is 1. The van der Waals surface area contributed by atoms with Crippen molar-refractivity contribution in [2.45, 2.75) is 19.5 Å². The first-order chi connectivity index (χ1) is 8.87. The number of anilines is 1. The summed E-state index contributed by atoms with van der Waals surface area (Å²) in [5.74, 6) is -0.820. The molecule has 1 aliphatic rings. The fourth-order valence-electron chi connectivity index (χ4n) is 2.18. The fraction of sp³-hybridized carbons (Fsp3) is 0.462. The quantitative estimate of drug-likeness (QED) is 0.860. The molecule has 1 aromatic rings. The molecule has 1 amide bonds. The van der Waals surface area contributed by atoms with Gasteiger partial charge in [-0.05, 0) is 18.6 Å². The first-order valence-electron chi connectivity index (χ1n) is 6.16. The van der Waals surface area contributed by atoms with Crippen LogP contribution in [-0.2, 0) is 21.2 Å². The Morgan fingerprint density at radius 3 is 2.79 bits per heavy atom. The van der Waals surface area contributed by atoms with Gasteiger partial charge in [-0.3, -0.25) is 4.79 Å². The summed E-state index contributed by atoms with van der Waals surface area (Å²) in [4.78, 5) is 13.8. The molecule has 1 atom stereocenters. The number of rotatable bonds is 2. The van der Waals surface area contributed by atoms with Gasteiger partial charge < -0.3 is 10.2 Å². The van der Waals surface area contributed by atoms with E-state index in [-0.39, 0.29) is 11.9 Å². The summed E-state index contributed by atoms with van der Waals surface area (Å²) in [5.41, 5.74) is 1.81. The van der Waals surface area contributed by atoms with E-state index < -0.39 is 15.6 Å². The Morgan fingerprint density at radius 1 is 1.42 bits per heavy atom. The minimum atomic E-state index is -3.32. The van der Waals surface area contributed by atoms with Gasteiger partial charge in [0.1, 0.15) is 5.75 Å². The Labute approximate surface area is 113 Å². The molecule has 1 heterocycles. The fourth-order valence-corrected chi connectivity index (χ4v) is 2.79. The van der Waals surface area contributed by atoms with Crippen LogP contribution in [0.3, 0.4) is 0 Å². The van der Waals surface area contributed by atoms with Crippen LogP contribution in [0, 0.1) is 0 Å². The van der Waals surface area contributed by atoms with Crippen molar-refractivity contribution in [3.63, 3.8) is 0 Å². The van der Waals surface area contributed by atoms with Gasteiger partial charge >= 0.3 is 0 Å². The maximum absolute atomic E-state index is 12.2. The number of para-hydroxylation sites is 1. The van der Waals surface area contributed by atoms with Crippen LogP contribution < -0.4 is 10.2 Å². The van der Waals surface area contributed by atoms with E-state index in [1.165, 1.54) is 0 Å². The number of hydrogen-bond donors (Lipinski definition) is 1. The predicted molar refractivity (Wildman–Crippen MR) is 74.8 cm³/mol. The Balaban J connectivity index is 2.34. The van der Waals surface area contributed by atoms with Gasteiger partial charge in [-0.15, -0.1) is 0 Å². The molecule has 1 N–H and O–H groups in total. The van der Waals surface area contributed by atoms with Gasteiger partial charge in [-0.2, -0.15) is 0 Å². The normalized spacial score (nSPS) is 19.7. The molecule has 0 bridgehead atoms. The Hall–Kier alpha value is -1.40. The summed E-state index contributed by atoms with van der Waals surface area (Å²) >= 11 is 0. The van der Waals surface area contributed by atoms with Crippen LogP contribution in [0.5, 0.6) is 0 Å². The molecule has 0 radical (unpaired) electrons. The van der Waals surface area contributed by atoms with Gasteiger partial charge in [0.2, 0.25) is 5.91 Å². The number of nitrogens with zero attached hydrogens (tertiary/aromatic N) is 1. The Bertz CT molecular complexity index is 583. The molecule has 6 heteroatoms. The third-order valence-electron chi connectivity index (χ3n) is 3.07. The van der Waals surface area contributed by atoms with Crippen LogP contribution in [0.4, 0.5) is 5.69 Å². The molecule has 0 saturated carbocycles. The zero-order chi connectivity index (χ0) is 14.0. The van der Waals surface area contributed by atoms with E-state index in [0.29, 0.717) is 13.1 Å². The number of hydrogen-bond acceptors (Lipinski definition) is 4. The van der Waals surface area contributed by atoms with Crippen molar-refractivity contribution in [2.75, 3.05) is 23.5 Å². The Kier molecular flexibility index (Phi) is 3.91. The standard InChI is InChI=1S/C13H18N2O3S/c1-10-8-15(13(16)9-19(2,17)18)12-6-4-3-5-11(12)7-14-10/h3-6,10,14H,7-9H2,1-2H3. The number of carbonyl (C=O) groups excluding carboxylic acids is 1. The van der Waals surface area contributed by atoms with Gasteiger partial charge in [-0.1, -0.05) is 18.2 Å². The zero-order valence-corrected chi connectivity index (χ0v) is 11.9. The molecule has 2 rings (SSSR count). The third-order valence-corrected chi connectivity index (χ3v) is 3.84. The average molecular weight is 282 g/mol. The van der Waals surface area contributed by atoms with Crippen molar-refractivity contribution in [3.05, 3.63) is 29.8 Å². The summed E-state index contributed by atoms with van der Waals surface area (Å²) in [7, 11) is -3.32. The molecule has 1 unspecified atom stereocenters. The molecule has 5 nitrogen and oxygen atoms in total. The molecule has 0 aromatic heterocycles. The van der Waals surface area contributed by atoms with Crippen LogP contribution in [0.1, 0.15) is 12.5 Å². The highest BCUT2D eigenvalue weighted by Gasteiger charge is 2.25. The van der Waals surface area contributed by atoms with E-state index in [1.807, 2.05) is 31.2 Å². The number of sulfone groups is 1. The third kappa shape index (κ3) is 3.54. The smallest absolute Gasteiger partial charge is 0.242 e. The summed E-state index contributed by atoms with van der Waals surface area (Å²) < 4.78 is 22.6. The first-order valence-corrected chi connectivity index (χ1v) is 8.22. The molecule has 104 valence electrons. The van der Waals surface area contributed by atoms with Gasteiger partial charge in [0.15, 0.2) is 9.84 Å². The first kappa shape index (κ1) is 14.0. The SMILES string of the molecule is CC1CN(C(=O)CS(C)(=O)=O)c2ccccc2CN1. The second-order valence-electron chi connectivity index (χ2n) is 4.99. The van der Waals surface area contributed by atoms with Crippen LogP contribution in [0.15, 0.2) is 24.3 Å². The van der Waals surface area contributed by atoms with Crippen molar-refractivity contribution < 1.29 is 13.2 Å². The monoisotopic (exact) mass is 282 g/mol. The van der Waals surface area contributed by atoms with Gasteiger partial charge in [0.05, 0.1) is 0 Å². The minimum Gasteiger partial charge on any atom is -0.310 e. The van der Waals surface area contributed by atoms with E-state index in [2.05, 4.69) is 5.32 Å². The molecule has 1 aliphatic heterocycles. The lowest BCUT2D eigenvalue weighted by molar-refractivity contribution is -0.116. The second-order valence-corrected chi connectivity index (χ2v) is 7.13. The lowest BCUT2D eigenvalue weighted by Crippen LogP contribution is -2.42. The van der Waals surface area contributed by atoms with Gasteiger partial charge in [0, 0.05) is 31.1 Å². The van der Waals surface area contributed by atoms with Gasteiger partial charge in [-0.25, -0.2) is 8.42 Å². The zero-order valence-electron chi connectivity index (χ0n) is 11.1. The highest BCUT2D eigenvalue weighted by molar-refractivity contribution is 7.91. The second kappa shape index (κ2) is 5.30. The van der Waals surface area contributed by atoms with Crippen LogP contribution >= 0.6 is 0 Å². The van der Waals surface area contributed by atoms with Crippen molar-refractivity contribution >= 4 is 21.4 Å². The molecule has 0 saturated heterocycles. The highest BCUT2D eigenvalue weighted by atomic mass is 32.2. The number of amides is 1. The maximum Gasteiger partial charge on any atom is 0.242 e. The van der Waals surface area contributed by atoms with Crippen molar-refractivity contribution in [1.82, 2.24) is 5.32 Å². The largest absolute Gasteiger partial charge is 0.310 e. The van der Waals surface area contributed by atoms with E-state index >= 15 is 0 Å². The van der Waals surface area contributed by atoms with E-state index in [0.717, 1.165) is 17.5 Å². The predicted octanol–water partition coefficient (Wildman–Crippen LogP) is 0.556. The van der Waals surface area contributed by atoms with Crippen molar-refractivity contribution in [1.29, 1.82) is 0 Å². The molecule has 1 aromatic carbocycles. The summed E-state index contributed by atoms with van der Waals surface area (Å²) in [6.45, 7) is 3.14. The van der Waals surface area contributed by atoms with E-state index in [9.17, 15) is 13.2 Å². The summed E-state index contributed by atoms with van der Waals surface area (Å²) in [6.07, 6.45) is 1.08. The number of benzene rings is 1. The minimum absolute atomic E-state index is 0.121. The summed E-state index contributed by atoms with van der Waals surface area (Å²) in [6, 6.07) is 7.69. The maximum atomic E-state index is 12.2. The molecule has 0 fully saturated rings. The number of fused-ring (bicyclic) bond motifs is 1. The molecular weight excluding hydrogens is 264 g/mol. The van der Waals surface area contributed by atoms with Crippen molar-refractivity contribution in [3.8, 4) is 0 Å². The van der Waals surface area contributed by atoms with E-state index in [1.54, 1.807) is 4.90 Å². The van der Waals surface area contributed by atoms with Crippen LogP contribution in [0.2, 0.25) is 0 Å². The van der Waals surface area contributed by atoms with Crippen molar-refractivity contribution in [2.24, 2.45) is 0 Å². The van der Waals surface area contributed by atoms with Crippen LogP contribution in [0.25, 0.3) is 0 Å². The lowest BCUT2D eigenvalue weighted by Gasteiger charge is -2.24. The molecule has 0 aliphatic carbocycles. The highest BCUT2D eigenvalue weighted by Crippen LogP contribution is 2.23. The number of carbonyl (C=O) groups is 1. The Morgan fingerprint density at radius 2 is 2.11 bits per heavy atom. The molecule has 0 spiro atoms.